The number of halogens is 3. The summed E-state index contributed by atoms with van der Waals surface area (Å²) in [5.41, 5.74) is -0.682. The van der Waals surface area contributed by atoms with E-state index in [1.54, 1.807) is 26.1 Å². The Balaban J connectivity index is 1.77. The number of hydrogen-bond acceptors (Lipinski definition) is 5. The Labute approximate surface area is 208 Å². The third-order valence-electron chi connectivity index (χ3n) is 7.03. The molecule has 4 rings (SSSR count). The van der Waals surface area contributed by atoms with Gasteiger partial charge in [0.05, 0.1) is 23.4 Å². The summed E-state index contributed by atoms with van der Waals surface area (Å²) in [7, 11) is 0. The van der Waals surface area contributed by atoms with Gasteiger partial charge >= 0.3 is 12.1 Å². The number of aromatic nitrogens is 1. The van der Waals surface area contributed by atoms with Gasteiger partial charge in [-0.15, -0.1) is 0 Å². The molecule has 1 aromatic heterocycles. The first-order valence-corrected chi connectivity index (χ1v) is 12.6. The molecule has 0 saturated carbocycles. The Morgan fingerprint density at radius 1 is 1.11 bits per heavy atom. The summed E-state index contributed by atoms with van der Waals surface area (Å²) in [6.45, 7) is 6.68. The number of carbonyl (C=O) groups is 1. The van der Waals surface area contributed by atoms with Crippen molar-refractivity contribution in [3.05, 3.63) is 63.6 Å². The van der Waals surface area contributed by atoms with Crippen molar-refractivity contribution in [2.24, 2.45) is 10.9 Å². The van der Waals surface area contributed by atoms with Crippen LogP contribution < -0.4 is 5.56 Å². The molecule has 9 heteroatoms. The van der Waals surface area contributed by atoms with Gasteiger partial charge in [-0.3, -0.25) is 14.6 Å². The first-order chi connectivity index (χ1) is 17.2. The number of alkyl halides is 3. The van der Waals surface area contributed by atoms with Crippen molar-refractivity contribution in [2.75, 3.05) is 26.2 Å². The van der Waals surface area contributed by atoms with E-state index in [0.717, 1.165) is 32.1 Å². The molecule has 1 fully saturated rings. The Bertz CT molecular complexity index is 1180. The second-order valence-corrected chi connectivity index (χ2v) is 9.41. The summed E-state index contributed by atoms with van der Waals surface area (Å²) in [4.78, 5) is 33.6. The topological polar surface area (TPSA) is 63.9 Å². The molecule has 36 heavy (non-hydrogen) atoms. The number of pyridine rings is 1. The van der Waals surface area contributed by atoms with E-state index in [0.29, 0.717) is 17.9 Å². The minimum atomic E-state index is -4.65. The van der Waals surface area contributed by atoms with Gasteiger partial charge in [0, 0.05) is 24.4 Å². The molecule has 3 heterocycles. The van der Waals surface area contributed by atoms with Gasteiger partial charge in [0.15, 0.2) is 0 Å². The Kier molecular flexibility index (Phi) is 7.97. The summed E-state index contributed by atoms with van der Waals surface area (Å²) in [6.07, 6.45) is 1.32. The predicted molar refractivity (Wildman–Crippen MR) is 132 cm³/mol. The molecule has 2 unspecified atom stereocenters. The second-order valence-electron chi connectivity index (χ2n) is 9.41. The average molecular weight is 504 g/mol. The van der Waals surface area contributed by atoms with Crippen LogP contribution in [0, 0.1) is 5.92 Å². The van der Waals surface area contributed by atoms with Crippen molar-refractivity contribution in [1.82, 2.24) is 9.47 Å². The number of hydrogen-bond donors (Lipinski definition) is 0. The molecule has 0 N–H and O–H groups in total. The van der Waals surface area contributed by atoms with E-state index in [2.05, 4.69) is 9.89 Å². The van der Waals surface area contributed by atoms with Crippen molar-refractivity contribution in [2.45, 2.75) is 58.2 Å². The fourth-order valence-electron chi connectivity index (χ4n) is 5.36. The number of esters is 1. The van der Waals surface area contributed by atoms with Crippen LogP contribution in [0.1, 0.15) is 62.1 Å². The molecule has 2 aromatic rings. The van der Waals surface area contributed by atoms with E-state index in [9.17, 15) is 22.8 Å². The Morgan fingerprint density at radius 3 is 2.53 bits per heavy atom. The van der Waals surface area contributed by atoms with Crippen LogP contribution in [0.3, 0.4) is 0 Å². The van der Waals surface area contributed by atoms with Gasteiger partial charge in [-0.25, -0.2) is 0 Å². The van der Waals surface area contributed by atoms with Crippen molar-refractivity contribution < 1.29 is 22.7 Å². The van der Waals surface area contributed by atoms with Crippen LogP contribution in [-0.2, 0) is 22.3 Å². The van der Waals surface area contributed by atoms with Crippen LogP contribution in [0.5, 0.6) is 0 Å². The number of rotatable bonds is 7. The summed E-state index contributed by atoms with van der Waals surface area (Å²) < 4.78 is 48.9. The summed E-state index contributed by atoms with van der Waals surface area (Å²) >= 11 is 0. The molecule has 2 aliphatic rings. The van der Waals surface area contributed by atoms with Crippen molar-refractivity contribution in [1.29, 1.82) is 0 Å². The first-order valence-electron chi connectivity index (χ1n) is 12.6. The Morgan fingerprint density at radius 2 is 1.83 bits per heavy atom. The minimum absolute atomic E-state index is 0.0681. The molecular weight excluding hydrogens is 471 g/mol. The lowest BCUT2D eigenvalue weighted by Gasteiger charge is -2.32. The molecule has 1 aromatic carbocycles. The standard InChI is InChI=1S/C27H32F3N3O3/c1-3-36-26(35)22-18(2)31-21-12-17-33(16-9-15-32-13-7-4-8-14-32)25(34)24(21)23(22)19-10-5-6-11-20(19)27(28,29)30/h5-6,10-12,17,22-23H,3-4,7-9,13-16H2,1-2H3. The smallest absolute Gasteiger partial charge is 0.416 e. The van der Waals surface area contributed by atoms with Crippen LogP contribution in [0.15, 0.2) is 46.3 Å². The summed E-state index contributed by atoms with van der Waals surface area (Å²) in [5.74, 6) is -2.97. The largest absolute Gasteiger partial charge is 0.465 e. The lowest BCUT2D eigenvalue weighted by Crippen LogP contribution is -2.39. The van der Waals surface area contributed by atoms with Gasteiger partial charge < -0.3 is 14.2 Å². The van der Waals surface area contributed by atoms with Gasteiger partial charge in [0.2, 0.25) is 0 Å². The number of benzene rings is 1. The monoisotopic (exact) mass is 503 g/mol. The molecular formula is C27H32F3N3O3. The highest BCUT2D eigenvalue weighted by Gasteiger charge is 2.44. The predicted octanol–water partition coefficient (Wildman–Crippen LogP) is 5.16. The third kappa shape index (κ3) is 5.40. The van der Waals surface area contributed by atoms with E-state index in [1.807, 2.05) is 0 Å². The van der Waals surface area contributed by atoms with Gasteiger partial charge in [0.25, 0.3) is 5.56 Å². The normalized spacial score (nSPS) is 20.5. The van der Waals surface area contributed by atoms with Gasteiger partial charge in [-0.05, 0) is 70.4 Å². The molecule has 2 atom stereocenters. The number of likely N-dealkylation sites (tertiary alicyclic amines) is 1. The quantitative estimate of drug-likeness (QED) is 0.490. The van der Waals surface area contributed by atoms with Crippen molar-refractivity contribution in [3.8, 4) is 0 Å². The maximum atomic E-state index is 14.0. The van der Waals surface area contributed by atoms with Crippen molar-refractivity contribution >= 4 is 17.4 Å². The molecule has 0 spiro atoms. The fourth-order valence-corrected chi connectivity index (χ4v) is 5.36. The van der Waals surface area contributed by atoms with Crippen LogP contribution in [0.2, 0.25) is 0 Å². The van der Waals surface area contributed by atoms with Crippen LogP contribution in [-0.4, -0.2) is 47.4 Å². The maximum Gasteiger partial charge on any atom is 0.416 e. The molecule has 0 bridgehead atoms. The summed E-state index contributed by atoms with van der Waals surface area (Å²) in [5, 5.41) is 0. The second kappa shape index (κ2) is 11.0. The minimum Gasteiger partial charge on any atom is -0.465 e. The number of aliphatic imine (C=N–C) groups is 1. The van der Waals surface area contributed by atoms with Crippen molar-refractivity contribution in [3.63, 3.8) is 0 Å². The number of ether oxygens (including phenoxy) is 1. The van der Waals surface area contributed by atoms with Crippen LogP contribution in [0.4, 0.5) is 18.9 Å². The zero-order valence-corrected chi connectivity index (χ0v) is 20.7. The zero-order chi connectivity index (χ0) is 25.9. The highest BCUT2D eigenvalue weighted by atomic mass is 19.4. The third-order valence-corrected chi connectivity index (χ3v) is 7.03. The average Bonchev–Trinajstić information content (AvgIpc) is 2.85. The van der Waals surface area contributed by atoms with E-state index in [1.165, 1.54) is 42.0 Å². The molecule has 6 nitrogen and oxygen atoms in total. The molecule has 0 aliphatic carbocycles. The lowest BCUT2D eigenvalue weighted by molar-refractivity contribution is -0.147. The SMILES string of the molecule is CCOC(=O)C1C(C)=Nc2ccn(CCCN3CCCCC3)c(=O)c2C1c1ccccc1C(F)(F)F. The zero-order valence-electron chi connectivity index (χ0n) is 20.7. The molecule has 1 saturated heterocycles. The van der Waals surface area contributed by atoms with Crippen LogP contribution >= 0.6 is 0 Å². The van der Waals surface area contributed by atoms with E-state index in [4.69, 9.17) is 4.74 Å². The van der Waals surface area contributed by atoms with Crippen LogP contribution in [0.25, 0.3) is 0 Å². The first kappa shape index (κ1) is 26.1. The van der Waals surface area contributed by atoms with Gasteiger partial charge in [-0.2, -0.15) is 13.2 Å². The van der Waals surface area contributed by atoms with E-state index in [-0.39, 0.29) is 17.7 Å². The lowest BCUT2D eigenvalue weighted by atomic mass is 9.75. The number of carbonyl (C=O) groups excluding carboxylic acids is 1. The molecule has 2 aliphatic heterocycles. The van der Waals surface area contributed by atoms with Gasteiger partial charge in [-0.1, -0.05) is 24.6 Å². The van der Waals surface area contributed by atoms with E-state index >= 15 is 0 Å². The van der Waals surface area contributed by atoms with Gasteiger partial charge in [0.1, 0.15) is 5.92 Å². The number of aryl methyl sites for hydroxylation is 1. The van der Waals surface area contributed by atoms with E-state index < -0.39 is 35.1 Å². The number of fused-ring (bicyclic) bond motifs is 1. The Hall–Kier alpha value is -2.94. The summed E-state index contributed by atoms with van der Waals surface area (Å²) in [6, 6.07) is 6.78. The fraction of sp³-hybridized carbons (Fsp3) is 0.519. The number of piperidine rings is 1. The molecule has 0 amide bonds. The molecule has 194 valence electrons. The highest BCUT2D eigenvalue weighted by molar-refractivity contribution is 6.05. The number of nitrogens with zero attached hydrogens (tertiary/aromatic N) is 3. The highest BCUT2D eigenvalue weighted by Crippen LogP contribution is 2.45. The maximum absolute atomic E-state index is 14.0. The molecule has 0 radical (unpaired) electrons.